The molecule has 0 unspecified atom stereocenters. The Hall–Kier alpha value is 3.15. The van der Waals surface area contributed by atoms with Crippen LogP contribution in [-0.4, -0.2) is 16.9 Å². The fourth-order valence-electron chi connectivity index (χ4n) is 0. The summed E-state index contributed by atoms with van der Waals surface area (Å²) in [6.45, 7) is 0. The van der Waals surface area contributed by atoms with Gasteiger partial charge in [-0.2, -0.15) is 0 Å². The van der Waals surface area contributed by atoms with Gasteiger partial charge in [-0.05, 0) is 0 Å². The van der Waals surface area contributed by atoms with Crippen LogP contribution in [0.15, 0.2) is 0 Å². The molecule has 0 aromatic carbocycles. The topological polar surface area (TPSA) is 0 Å². The van der Waals surface area contributed by atoms with Gasteiger partial charge in [-0.25, -0.2) is 0 Å². The maximum atomic E-state index is 2.12. The number of hydrogen-bond acceptors (Lipinski definition) is 0. The summed E-state index contributed by atoms with van der Waals surface area (Å²) in [4.78, 5) is 0. The van der Waals surface area contributed by atoms with Gasteiger partial charge >= 0.3 is 37.7 Å². The van der Waals surface area contributed by atoms with Crippen molar-refractivity contribution in [3.63, 3.8) is 0 Å². The van der Waals surface area contributed by atoms with Crippen LogP contribution in [0.5, 0.6) is 0 Å². The summed E-state index contributed by atoms with van der Waals surface area (Å²) in [6, 6.07) is 0. The Bertz CT molecular complexity index is 6.00. The van der Waals surface area contributed by atoms with Crippen molar-refractivity contribution in [1.82, 2.24) is 0 Å². The van der Waals surface area contributed by atoms with Gasteiger partial charge in [-0.3, -0.25) is 0 Å². The van der Waals surface area contributed by atoms with E-state index in [1.165, 1.54) is 0 Å². The second kappa shape index (κ2) is 16.4. The molecule has 0 spiro atoms. The average Bonchev–Trinajstić information content (AvgIpc) is 1.00. The molecule has 0 aromatic rings. The van der Waals surface area contributed by atoms with Gasteiger partial charge in [0.1, 0.15) is 0 Å². The van der Waals surface area contributed by atoms with Crippen LogP contribution >= 0.6 is 0 Å². The van der Waals surface area contributed by atoms with Crippen molar-refractivity contribution in [2.45, 2.75) is 0 Å². The third kappa shape index (κ3) is 8.94. The molecule has 0 nitrogen and oxygen atoms in total. The first-order chi connectivity index (χ1) is 1.00. The zero-order valence-electron chi connectivity index (χ0n) is 2.20. The van der Waals surface area contributed by atoms with Crippen molar-refractivity contribution < 1.29 is 65.3 Å². The Morgan fingerprint density at radius 3 is 1.25 bits per heavy atom. The molecule has 0 aromatic heterocycles. The second-order valence-electron chi connectivity index (χ2n) is 0. The van der Waals surface area contributed by atoms with Crippen molar-refractivity contribution in [1.29, 1.82) is 0 Å². The maximum Gasteiger partial charge on any atom is 0 e. The van der Waals surface area contributed by atoms with Gasteiger partial charge in [0.25, 0.3) is 0 Å². The monoisotopic (exact) mass is 413 g/mol. The number of hydrogen-bond donors (Lipinski definition) is 0. The largest absolute Gasteiger partial charge is 0 e. The quantitative estimate of drug-likeness (QED) is 0.480. The van der Waals surface area contributed by atoms with Gasteiger partial charge in [-0.1, -0.05) is 0 Å². The molecular weight excluding hydrogens is 407 g/mol. The normalized spacial score (nSPS) is 1.50. The first-order valence-corrected chi connectivity index (χ1v) is 13.0. The van der Waals surface area contributed by atoms with Crippen molar-refractivity contribution in [2.24, 2.45) is 0 Å². The van der Waals surface area contributed by atoms with Gasteiger partial charge in [0.05, 0.1) is 0 Å². The molecule has 17 valence electrons. The van der Waals surface area contributed by atoms with Crippen LogP contribution in [0.25, 0.3) is 0 Å². The van der Waals surface area contributed by atoms with E-state index in [0.29, 0.717) is 0 Å². The molecule has 0 N–H and O–H groups in total. The Morgan fingerprint density at radius 1 is 1.25 bits per heavy atom. The SMILES string of the molecule is [Cd].[Cd]=[Te].[Mn]. The van der Waals surface area contributed by atoms with Gasteiger partial charge < -0.3 is 0 Å². The van der Waals surface area contributed by atoms with E-state index in [9.17, 15) is 0 Å². The van der Waals surface area contributed by atoms with Crippen molar-refractivity contribution >= 4 is 16.9 Å². The van der Waals surface area contributed by atoms with Crippen LogP contribution in [0.2, 0.25) is 0 Å². The molecule has 1 radical (unpaired) electrons. The predicted molar refractivity (Wildman–Crippen MR) is 5.75 cm³/mol. The summed E-state index contributed by atoms with van der Waals surface area (Å²) in [5, 5.41) is 0. The zero-order chi connectivity index (χ0) is 2.00. The van der Waals surface area contributed by atoms with Gasteiger partial charge in [0, 0.05) is 44.4 Å². The molecule has 0 heterocycles. The first kappa shape index (κ1) is 15.7. The fraction of sp³-hybridized carbons (Fsp3) is 0. The second-order valence-corrected chi connectivity index (χ2v) is 0. The minimum atomic E-state index is 0. The Morgan fingerprint density at radius 2 is 1.25 bits per heavy atom. The molecule has 0 amide bonds. The first-order valence-electron chi connectivity index (χ1n) is 0.289. The van der Waals surface area contributed by atoms with E-state index in [1.807, 2.05) is 0 Å². The Balaban J connectivity index is -0.00000000500. The van der Waals surface area contributed by atoms with Crippen LogP contribution in [-0.2, 0) is 65.3 Å². The van der Waals surface area contributed by atoms with E-state index in [0.717, 1.165) is 20.9 Å². The van der Waals surface area contributed by atoms with E-state index in [1.54, 1.807) is 0 Å². The smallest absolute Gasteiger partial charge is 0 e. The summed E-state index contributed by atoms with van der Waals surface area (Å²) in [5.74, 6) is 0. The van der Waals surface area contributed by atoms with Gasteiger partial charge in [0.2, 0.25) is 0 Å². The molecule has 0 aliphatic rings. The van der Waals surface area contributed by atoms with Crippen molar-refractivity contribution in [2.75, 3.05) is 0 Å². The minimum Gasteiger partial charge on any atom is 0 e. The van der Waals surface area contributed by atoms with Crippen LogP contribution in [0.1, 0.15) is 0 Å². The van der Waals surface area contributed by atoms with E-state index in [-0.39, 0.29) is 44.4 Å². The Labute approximate surface area is 80.2 Å². The molecule has 4 heavy (non-hydrogen) atoms. The van der Waals surface area contributed by atoms with E-state index < -0.39 is 0 Å². The summed E-state index contributed by atoms with van der Waals surface area (Å²) in [5.41, 5.74) is 0. The van der Waals surface area contributed by atoms with Crippen molar-refractivity contribution in [3.05, 3.63) is 0 Å². The van der Waals surface area contributed by atoms with Gasteiger partial charge in [0.15, 0.2) is 0 Å². The summed E-state index contributed by atoms with van der Waals surface area (Å²) in [6.07, 6.45) is 0. The standard InChI is InChI=1S/2Cd.Mn.Te. The molecule has 0 atom stereocenters. The molecular formula is Cd2MnTe. The molecule has 0 aliphatic heterocycles. The van der Waals surface area contributed by atoms with Crippen LogP contribution < -0.4 is 0 Å². The molecule has 0 rings (SSSR count). The molecule has 0 bridgehead atoms. The molecule has 0 saturated carbocycles. The van der Waals surface area contributed by atoms with Gasteiger partial charge in [-0.15, -0.1) is 0 Å². The van der Waals surface area contributed by atoms with Crippen LogP contribution in [0.4, 0.5) is 0 Å². The summed E-state index contributed by atoms with van der Waals surface area (Å²) in [7, 11) is 0. The molecule has 0 saturated heterocycles. The van der Waals surface area contributed by atoms with E-state index in [2.05, 4.69) is 16.9 Å². The minimum absolute atomic E-state index is 0. The summed E-state index contributed by atoms with van der Waals surface area (Å²) < 4.78 is 0. The third-order valence-electron chi connectivity index (χ3n) is 0. The third-order valence-corrected chi connectivity index (χ3v) is 0. The van der Waals surface area contributed by atoms with Crippen molar-refractivity contribution in [3.8, 4) is 0 Å². The molecule has 4 heteroatoms. The predicted octanol–water partition coefficient (Wildman–Crippen LogP) is -0.388. The van der Waals surface area contributed by atoms with E-state index >= 15 is 0 Å². The van der Waals surface area contributed by atoms with Crippen LogP contribution in [0, 0.1) is 0 Å². The fourth-order valence-corrected chi connectivity index (χ4v) is 0. The van der Waals surface area contributed by atoms with E-state index in [4.69, 9.17) is 0 Å². The summed E-state index contributed by atoms with van der Waals surface area (Å²) >= 11 is 3.28. The molecule has 0 fully saturated rings. The average molecular weight is 407 g/mol. The zero-order valence-corrected chi connectivity index (χ0v) is 13.8. The van der Waals surface area contributed by atoms with Crippen LogP contribution in [0.3, 0.4) is 0 Å². The number of rotatable bonds is 0. The maximum absolute atomic E-state index is 2.12. The molecule has 0 aliphatic carbocycles. The Kier molecular flexibility index (Phi) is 64.5.